The number of nitrogens with one attached hydrogen (secondary N) is 1. The number of rotatable bonds is 3. The van der Waals surface area contributed by atoms with Gasteiger partial charge in [0.2, 0.25) is 0 Å². The molecule has 2 atom stereocenters. The van der Waals surface area contributed by atoms with Crippen molar-refractivity contribution in [3.05, 3.63) is 64.2 Å². The molecule has 0 aliphatic heterocycles. The first-order valence-corrected chi connectivity index (χ1v) is 7.15. The summed E-state index contributed by atoms with van der Waals surface area (Å²) in [5.41, 5.74) is 2.95. The molecule has 20 heavy (non-hydrogen) atoms. The molecule has 0 spiro atoms. The lowest BCUT2D eigenvalue weighted by atomic mass is 9.90. The van der Waals surface area contributed by atoms with Crippen LogP contribution in [0.4, 0.5) is 4.39 Å². The Kier molecular flexibility index (Phi) is 3.72. The van der Waals surface area contributed by atoms with E-state index in [4.69, 9.17) is 11.6 Å². The van der Waals surface area contributed by atoms with Gasteiger partial charge in [-0.1, -0.05) is 29.8 Å². The Bertz CT molecular complexity index is 630. The number of fused-ring (bicyclic) bond motifs is 1. The third kappa shape index (κ3) is 2.21. The number of aromatic nitrogens is 1. The molecule has 1 aromatic carbocycles. The summed E-state index contributed by atoms with van der Waals surface area (Å²) in [6, 6.07) is 9.11. The standard InChI is InChI=1S/C16H16ClFN2/c1-19-16(11-5-2-6-13(17)14(11)18)12-8-7-10-4-3-9-20-15(10)12/h2-6,9,12,16,19H,7-8H2,1H3. The molecule has 1 heterocycles. The number of halogens is 2. The second-order valence-corrected chi connectivity index (χ2v) is 5.51. The topological polar surface area (TPSA) is 24.9 Å². The van der Waals surface area contributed by atoms with Gasteiger partial charge in [0, 0.05) is 29.4 Å². The van der Waals surface area contributed by atoms with Gasteiger partial charge >= 0.3 is 0 Å². The lowest BCUT2D eigenvalue weighted by Crippen LogP contribution is -2.24. The summed E-state index contributed by atoms with van der Waals surface area (Å²) in [6.45, 7) is 0. The highest BCUT2D eigenvalue weighted by atomic mass is 35.5. The quantitative estimate of drug-likeness (QED) is 0.928. The van der Waals surface area contributed by atoms with Gasteiger partial charge in [-0.2, -0.15) is 0 Å². The first kappa shape index (κ1) is 13.5. The van der Waals surface area contributed by atoms with Gasteiger partial charge in [-0.25, -0.2) is 4.39 Å². The summed E-state index contributed by atoms with van der Waals surface area (Å²) < 4.78 is 14.3. The van der Waals surface area contributed by atoms with Gasteiger partial charge in [0.05, 0.1) is 5.02 Å². The van der Waals surface area contributed by atoms with Gasteiger partial charge in [0.15, 0.2) is 0 Å². The van der Waals surface area contributed by atoms with E-state index in [0.717, 1.165) is 18.5 Å². The Hall–Kier alpha value is -1.45. The van der Waals surface area contributed by atoms with Crippen LogP contribution in [0.2, 0.25) is 5.02 Å². The van der Waals surface area contributed by atoms with E-state index in [2.05, 4.69) is 16.4 Å². The zero-order chi connectivity index (χ0) is 14.1. The van der Waals surface area contributed by atoms with Crippen LogP contribution in [0.15, 0.2) is 36.5 Å². The zero-order valence-electron chi connectivity index (χ0n) is 11.2. The highest BCUT2D eigenvalue weighted by Crippen LogP contribution is 2.41. The molecule has 0 bridgehead atoms. The molecule has 2 nitrogen and oxygen atoms in total. The highest BCUT2D eigenvalue weighted by molar-refractivity contribution is 6.30. The van der Waals surface area contributed by atoms with Crippen LogP contribution in [0.1, 0.15) is 35.2 Å². The average molecular weight is 291 g/mol. The van der Waals surface area contributed by atoms with Crippen molar-refractivity contribution in [3.8, 4) is 0 Å². The minimum atomic E-state index is -0.335. The van der Waals surface area contributed by atoms with Crippen LogP contribution in [0.5, 0.6) is 0 Å². The molecule has 0 radical (unpaired) electrons. The maximum absolute atomic E-state index is 14.3. The minimum absolute atomic E-state index is 0.107. The van der Waals surface area contributed by atoms with Crippen LogP contribution in [0.25, 0.3) is 0 Å². The van der Waals surface area contributed by atoms with Gasteiger partial charge in [-0.15, -0.1) is 0 Å². The SMILES string of the molecule is CNC(c1cccc(Cl)c1F)C1CCc2cccnc21. The Balaban J connectivity index is 2.02. The lowest BCUT2D eigenvalue weighted by Gasteiger charge is -2.24. The van der Waals surface area contributed by atoms with Crippen molar-refractivity contribution in [1.82, 2.24) is 10.3 Å². The molecular weight excluding hydrogens is 275 g/mol. The van der Waals surface area contributed by atoms with Crippen LogP contribution in [0, 0.1) is 5.82 Å². The normalized spacial score (nSPS) is 18.9. The van der Waals surface area contributed by atoms with Crippen LogP contribution in [0.3, 0.4) is 0 Å². The first-order valence-electron chi connectivity index (χ1n) is 6.77. The second kappa shape index (κ2) is 5.51. The van der Waals surface area contributed by atoms with Crippen LogP contribution < -0.4 is 5.32 Å². The summed E-state index contributed by atoms with van der Waals surface area (Å²) in [4.78, 5) is 4.49. The van der Waals surface area contributed by atoms with E-state index in [1.165, 1.54) is 5.56 Å². The number of likely N-dealkylation sites (N-methyl/N-ethyl adjacent to an activating group) is 1. The molecule has 2 unspecified atom stereocenters. The molecular formula is C16H16ClFN2. The van der Waals surface area contributed by atoms with Crippen LogP contribution >= 0.6 is 11.6 Å². The average Bonchev–Trinajstić information content (AvgIpc) is 2.88. The van der Waals surface area contributed by atoms with E-state index in [1.54, 1.807) is 24.4 Å². The van der Waals surface area contributed by atoms with Crippen molar-refractivity contribution in [3.63, 3.8) is 0 Å². The van der Waals surface area contributed by atoms with E-state index >= 15 is 0 Å². The Labute approximate surface area is 123 Å². The third-order valence-corrected chi connectivity index (χ3v) is 4.32. The number of pyridine rings is 1. The maximum atomic E-state index is 14.3. The summed E-state index contributed by atoms with van der Waals surface area (Å²) in [7, 11) is 1.85. The van der Waals surface area contributed by atoms with Crippen molar-refractivity contribution in [2.24, 2.45) is 0 Å². The number of aryl methyl sites for hydroxylation is 1. The molecule has 3 rings (SSSR count). The van der Waals surface area contributed by atoms with Gasteiger partial charge in [0.1, 0.15) is 5.82 Å². The summed E-state index contributed by atoms with van der Waals surface area (Å²) in [5, 5.41) is 3.40. The van der Waals surface area contributed by atoms with Crippen molar-refractivity contribution >= 4 is 11.6 Å². The monoisotopic (exact) mass is 290 g/mol. The van der Waals surface area contributed by atoms with E-state index < -0.39 is 0 Å². The fourth-order valence-electron chi connectivity index (χ4n) is 3.10. The van der Waals surface area contributed by atoms with Crippen molar-refractivity contribution in [2.45, 2.75) is 24.8 Å². The zero-order valence-corrected chi connectivity index (χ0v) is 12.0. The second-order valence-electron chi connectivity index (χ2n) is 5.10. The molecule has 1 aliphatic rings. The van der Waals surface area contributed by atoms with E-state index in [9.17, 15) is 4.39 Å². The molecule has 2 aromatic rings. The molecule has 0 saturated carbocycles. The maximum Gasteiger partial charge on any atom is 0.146 e. The van der Waals surface area contributed by atoms with Gasteiger partial charge < -0.3 is 5.32 Å². The van der Waals surface area contributed by atoms with E-state index in [1.807, 2.05) is 13.1 Å². The predicted octanol–water partition coefficient (Wildman–Crippen LogP) is 3.86. The van der Waals surface area contributed by atoms with Crippen LogP contribution in [-0.4, -0.2) is 12.0 Å². The van der Waals surface area contributed by atoms with Crippen molar-refractivity contribution in [2.75, 3.05) is 7.05 Å². The Morgan fingerprint density at radius 3 is 3.00 bits per heavy atom. The molecule has 0 amide bonds. The van der Waals surface area contributed by atoms with Gasteiger partial charge in [-0.05, 0) is 37.6 Å². The van der Waals surface area contributed by atoms with Gasteiger partial charge in [0.25, 0.3) is 0 Å². The first-order chi connectivity index (χ1) is 9.72. The molecule has 0 saturated heterocycles. The lowest BCUT2D eigenvalue weighted by molar-refractivity contribution is 0.449. The number of benzene rings is 1. The van der Waals surface area contributed by atoms with Crippen LogP contribution in [-0.2, 0) is 6.42 Å². The molecule has 1 aromatic heterocycles. The largest absolute Gasteiger partial charge is 0.312 e. The number of hydrogen-bond donors (Lipinski definition) is 1. The smallest absolute Gasteiger partial charge is 0.146 e. The van der Waals surface area contributed by atoms with Crippen molar-refractivity contribution < 1.29 is 4.39 Å². The fourth-order valence-corrected chi connectivity index (χ4v) is 3.28. The summed E-state index contributed by atoms with van der Waals surface area (Å²) >= 11 is 5.90. The van der Waals surface area contributed by atoms with E-state index in [0.29, 0.717) is 5.56 Å². The summed E-state index contributed by atoms with van der Waals surface area (Å²) in [5.74, 6) is -0.151. The number of nitrogens with zero attached hydrogens (tertiary/aromatic N) is 1. The minimum Gasteiger partial charge on any atom is -0.312 e. The molecule has 1 N–H and O–H groups in total. The predicted molar refractivity (Wildman–Crippen MR) is 78.5 cm³/mol. The summed E-state index contributed by atoms with van der Waals surface area (Å²) in [6.07, 6.45) is 3.77. The highest BCUT2D eigenvalue weighted by Gasteiger charge is 2.32. The number of hydrogen-bond acceptors (Lipinski definition) is 2. The third-order valence-electron chi connectivity index (χ3n) is 4.03. The molecule has 0 fully saturated rings. The van der Waals surface area contributed by atoms with E-state index in [-0.39, 0.29) is 22.8 Å². The Morgan fingerprint density at radius 2 is 2.20 bits per heavy atom. The van der Waals surface area contributed by atoms with Crippen molar-refractivity contribution in [1.29, 1.82) is 0 Å². The molecule has 104 valence electrons. The van der Waals surface area contributed by atoms with Gasteiger partial charge in [-0.3, -0.25) is 4.98 Å². The molecule has 4 heteroatoms. The fraction of sp³-hybridized carbons (Fsp3) is 0.312. The Morgan fingerprint density at radius 1 is 1.35 bits per heavy atom. The molecule has 1 aliphatic carbocycles.